The molecule has 0 bridgehead atoms. The Morgan fingerprint density at radius 3 is 2.75 bits per heavy atom. The summed E-state index contributed by atoms with van der Waals surface area (Å²) in [6.45, 7) is 1.88. The number of amides is 1. The highest BCUT2D eigenvalue weighted by Crippen LogP contribution is 2.22. The number of benzene rings is 1. The van der Waals surface area contributed by atoms with Crippen LogP contribution in [0.25, 0.3) is 5.52 Å². The molecule has 0 saturated carbocycles. The molecule has 1 aromatic carbocycles. The number of halogens is 1. The largest absolute Gasteiger partial charge is 0.320 e. The fourth-order valence-corrected chi connectivity index (χ4v) is 2.49. The van der Waals surface area contributed by atoms with Crippen molar-refractivity contribution in [3.05, 3.63) is 64.7 Å². The third kappa shape index (κ3) is 2.20. The molecule has 0 atom stereocenters. The Labute approximate surface area is 124 Å². The van der Waals surface area contributed by atoms with Gasteiger partial charge in [0.15, 0.2) is 5.69 Å². The molecule has 0 aliphatic heterocycles. The van der Waals surface area contributed by atoms with Crippen molar-refractivity contribution >= 4 is 33.0 Å². The zero-order chi connectivity index (χ0) is 14.1. The summed E-state index contributed by atoms with van der Waals surface area (Å²) in [5.41, 5.74) is 1.96. The quantitative estimate of drug-likeness (QED) is 0.779. The first-order chi connectivity index (χ1) is 9.66. The smallest absolute Gasteiger partial charge is 0.276 e. The maximum atomic E-state index is 12.4. The maximum absolute atomic E-state index is 12.4. The number of hydrogen-bond donors (Lipinski definition) is 1. The van der Waals surface area contributed by atoms with Gasteiger partial charge in [0, 0.05) is 10.7 Å². The minimum atomic E-state index is -0.214. The summed E-state index contributed by atoms with van der Waals surface area (Å²) in [5.74, 6) is 0.576. The van der Waals surface area contributed by atoms with Crippen LogP contribution in [0.3, 0.4) is 0 Å². The average Bonchev–Trinajstić information content (AvgIpc) is 2.79. The summed E-state index contributed by atoms with van der Waals surface area (Å²) in [6, 6.07) is 13.2. The molecule has 0 saturated heterocycles. The molecule has 100 valence electrons. The van der Waals surface area contributed by atoms with E-state index in [-0.39, 0.29) is 5.91 Å². The Balaban J connectivity index is 2.00. The van der Waals surface area contributed by atoms with Crippen LogP contribution in [0.5, 0.6) is 0 Å². The van der Waals surface area contributed by atoms with E-state index < -0.39 is 0 Å². The fraction of sp³-hybridized carbons (Fsp3) is 0.0667. The minimum Gasteiger partial charge on any atom is -0.320 e. The number of carbonyl (C=O) groups excluding carboxylic acids is 1. The third-order valence-electron chi connectivity index (χ3n) is 3.06. The molecule has 1 N–H and O–H groups in total. The summed E-state index contributed by atoms with van der Waals surface area (Å²) in [4.78, 5) is 16.7. The molecule has 0 aliphatic carbocycles. The first kappa shape index (κ1) is 12.9. The number of carbonyl (C=O) groups is 1. The number of para-hydroxylation sites is 1. The predicted molar refractivity (Wildman–Crippen MR) is 82.0 cm³/mol. The highest BCUT2D eigenvalue weighted by atomic mass is 79.9. The number of aryl methyl sites for hydroxylation is 1. The number of pyridine rings is 1. The van der Waals surface area contributed by atoms with Crippen molar-refractivity contribution in [3.8, 4) is 0 Å². The highest BCUT2D eigenvalue weighted by molar-refractivity contribution is 9.10. The number of hydrogen-bond acceptors (Lipinski definition) is 2. The predicted octanol–water partition coefficient (Wildman–Crippen LogP) is 3.66. The molecule has 2 aromatic heterocycles. The third-order valence-corrected chi connectivity index (χ3v) is 3.75. The number of fused-ring (bicyclic) bond motifs is 1. The monoisotopic (exact) mass is 329 g/mol. The second kappa shape index (κ2) is 5.09. The van der Waals surface area contributed by atoms with Crippen LogP contribution in [0.1, 0.15) is 16.3 Å². The second-order valence-corrected chi connectivity index (χ2v) is 5.25. The van der Waals surface area contributed by atoms with Crippen LogP contribution in [0.15, 0.2) is 53.1 Å². The zero-order valence-corrected chi connectivity index (χ0v) is 12.4. The molecule has 0 fully saturated rings. The van der Waals surface area contributed by atoms with E-state index in [1.807, 2.05) is 60.0 Å². The van der Waals surface area contributed by atoms with Gasteiger partial charge in [0.2, 0.25) is 0 Å². The number of imidazole rings is 1. The van der Waals surface area contributed by atoms with Gasteiger partial charge in [0.25, 0.3) is 5.91 Å². The lowest BCUT2D eigenvalue weighted by molar-refractivity contribution is 0.102. The SMILES string of the molecule is Cc1nc(C(=O)Nc2ccccc2Br)c2ccccn12. The molecule has 3 aromatic rings. The van der Waals surface area contributed by atoms with Crippen LogP contribution < -0.4 is 5.32 Å². The van der Waals surface area contributed by atoms with Crippen LogP contribution in [0.4, 0.5) is 5.69 Å². The Morgan fingerprint density at radius 1 is 1.20 bits per heavy atom. The van der Waals surface area contributed by atoms with Gasteiger partial charge in [-0.3, -0.25) is 4.79 Å². The number of anilines is 1. The highest BCUT2D eigenvalue weighted by Gasteiger charge is 2.16. The van der Waals surface area contributed by atoms with E-state index in [9.17, 15) is 4.79 Å². The molecule has 3 rings (SSSR count). The van der Waals surface area contributed by atoms with Crippen molar-refractivity contribution < 1.29 is 4.79 Å². The normalized spacial score (nSPS) is 10.7. The molecule has 5 heteroatoms. The van der Waals surface area contributed by atoms with E-state index in [4.69, 9.17) is 0 Å². The molecule has 0 spiro atoms. The van der Waals surface area contributed by atoms with Gasteiger partial charge in [0.05, 0.1) is 11.2 Å². The van der Waals surface area contributed by atoms with Gasteiger partial charge < -0.3 is 9.72 Å². The van der Waals surface area contributed by atoms with Crippen LogP contribution in [-0.4, -0.2) is 15.3 Å². The van der Waals surface area contributed by atoms with Crippen LogP contribution in [0.2, 0.25) is 0 Å². The lowest BCUT2D eigenvalue weighted by Gasteiger charge is -2.05. The molecule has 20 heavy (non-hydrogen) atoms. The standard InChI is InChI=1S/C15H12BrN3O/c1-10-17-14(13-8-4-5-9-19(10)13)15(20)18-12-7-3-2-6-11(12)16/h2-9H,1H3,(H,18,20). The van der Waals surface area contributed by atoms with Crippen molar-refractivity contribution in [2.45, 2.75) is 6.92 Å². The van der Waals surface area contributed by atoms with Crippen molar-refractivity contribution in [3.63, 3.8) is 0 Å². The number of nitrogens with one attached hydrogen (secondary N) is 1. The minimum absolute atomic E-state index is 0.214. The number of rotatable bonds is 2. The Bertz CT molecular complexity index is 795. The number of nitrogens with zero attached hydrogens (tertiary/aromatic N) is 2. The topological polar surface area (TPSA) is 46.4 Å². The Morgan fingerprint density at radius 2 is 1.95 bits per heavy atom. The summed E-state index contributed by atoms with van der Waals surface area (Å²) >= 11 is 3.41. The van der Waals surface area contributed by atoms with E-state index in [2.05, 4.69) is 26.2 Å². The van der Waals surface area contributed by atoms with Crippen molar-refractivity contribution in [2.75, 3.05) is 5.32 Å². The molecule has 4 nitrogen and oxygen atoms in total. The molecule has 0 aliphatic rings. The molecule has 0 radical (unpaired) electrons. The Kier molecular flexibility index (Phi) is 3.28. The van der Waals surface area contributed by atoms with Crippen LogP contribution in [0, 0.1) is 6.92 Å². The van der Waals surface area contributed by atoms with E-state index in [0.717, 1.165) is 21.5 Å². The molecule has 0 unspecified atom stereocenters. The van der Waals surface area contributed by atoms with Crippen LogP contribution >= 0.6 is 15.9 Å². The summed E-state index contributed by atoms with van der Waals surface area (Å²) in [6.07, 6.45) is 1.90. The first-order valence-corrected chi connectivity index (χ1v) is 6.95. The number of aromatic nitrogens is 2. The molecular weight excluding hydrogens is 318 g/mol. The molecular formula is C15H12BrN3O. The van der Waals surface area contributed by atoms with Gasteiger partial charge in [-0.25, -0.2) is 4.98 Å². The summed E-state index contributed by atoms with van der Waals surface area (Å²) in [7, 11) is 0. The van der Waals surface area contributed by atoms with E-state index in [0.29, 0.717) is 5.69 Å². The van der Waals surface area contributed by atoms with E-state index in [1.165, 1.54) is 0 Å². The van der Waals surface area contributed by atoms with Gasteiger partial charge in [-0.1, -0.05) is 18.2 Å². The lowest BCUT2D eigenvalue weighted by atomic mass is 10.3. The zero-order valence-electron chi connectivity index (χ0n) is 10.8. The lowest BCUT2D eigenvalue weighted by Crippen LogP contribution is -2.13. The second-order valence-electron chi connectivity index (χ2n) is 4.40. The van der Waals surface area contributed by atoms with E-state index in [1.54, 1.807) is 0 Å². The average molecular weight is 330 g/mol. The molecule has 2 heterocycles. The first-order valence-electron chi connectivity index (χ1n) is 6.16. The van der Waals surface area contributed by atoms with Crippen molar-refractivity contribution in [1.29, 1.82) is 0 Å². The maximum Gasteiger partial charge on any atom is 0.276 e. The van der Waals surface area contributed by atoms with Gasteiger partial charge in [-0.05, 0) is 47.1 Å². The summed E-state index contributed by atoms with van der Waals surface area (Å²) < 4.78 is 2.74. The van der Waals surface area contributed by atoms with Crippen molar-refractivity contribution in [2.24, 2.45) is 0 Å². The van der Waals surface area contributed by atoms with Crippen molar-refractivity contribution in [1.82, 2.24) is 9.38 Å². The van der Waals surface area contributed by atoms with Gasteiger partial charge in [0.1, 0.15) is 5.82 Å². The van der Waals surface area contributed by atoms with E-state index >= 15 is 0 Å². The Hall–Kier alpha value is -2.14. The fourth-order valence-electron chi connectivity index (χ4n) is 2.10. The van der Waals surface area contributed by atoms with Gasteiger partial charge in [-0.15, -0.1) is 0 Å². The van der Waals surface area contributed by atoms with Crippen LogP contribution in [-0.2, 0) is 0 Å². The van der Waals surface area contributed by atoms with Gasteiger partial charge >= 0.3 is 0 Å². The summed E-state index contributed by atoms with van der Waals surface area (Å²) in [5, 5.41) is 2.87. The van der Waals surface area contributed by atoms with Gasteiger partial charge in [-0.2, -0.15) is 0 Å². The molecule has 1 amide bonds.